The number of likely N-dealkylation sites (tertiary alicyclic amines) is 1. The number of ether oxygens (including phenoxy) is 2. The fourth-order valence-electron chi connectivity index (χ4n) is 11.3. The standard InChI is InChI=1S/C46H56N2O5/c1-3-26-47-27-25-46-37-23-24-38(45(46)53-44-41(52-31(2)49)29-40(50)35(43(44)46)28-39(37)47)48(42(51)22-14-13-17-32-15-7-4-8-16-32)30-36(33-18-9-5-10-19-33)34-20-11-6-12-21-34/h3,5-6,9-12,18-21,29,32,36-39,45,50H,1,4,7-8,13-17,22-28,30H2,2H3/t37-,38+,39+,45-,46-/m0/s1. The number of piperidine rings is 1. The number of benzene rings is 3. The van der Waals surface area contributed by atoms with Crippen LogP contribution in [-0.4, -0.2) is 64.6 Å². The van der Waals surface area contributed by atoms with Crippen LogP contribution in [0.1, 0.15) is 112 Å². The highest BCUT2D eigenvalue weighted by atomic mass is 16.6. The van der Waals surface area contributed by atoms with Crippen LogP contribution in [0.2, 0.25) is 0 Å². The predicted molar refractivity (Wildman–Crippen MR) is 207 cm³/mol. The molecule has 5 atom stereocenters. The summed E-state index contributed by atoms with van der Waals surface area (Å²) in [6.45, 7) is 7.68. The Labute approximate surface area is 315 Å². The summed E-state index contributed by atoms with van der Waals surface area (Å²) in [4.78, 5) is 32.0. The molecule has 3 aromatic carbocycles. The highest BCUT2D eigenvalue weighted by molar-refractivity contribution is 5.77. The van der Waals surface area contributed by atoms with E-state index in [1.165, 1.54) is 56.6 Å². The van der Waals surface area contributed by atoms with Gasteiger partial charge in [0.25, 0.3) is 0 Å². The van der Waals surface area contributed by atoms with Gasteiger partial charge in [-0.3, -0.25) is 14.5 Å². The van der Waals surface area contributed by atoms with E-state index >= 15 is 0 Å². The van der Waals surface area contributed by atoms with Crippen molar-refractivity contribution in [2.75, 3.05) is 19.6 Å². The van der Waals surface area contributed by atoms with Crippen LogP contribution < -0.4 is 9.47 Å². The molecule has 7 nitrogen and oxygen atoms in total. The first-order valence-electron chi connectivity index (χ1n) is 20.4. The zero-order valence-corrected chi connectivity index (χ0v) is 31.4. The topological polar surface area (TPSA) is 79.3 Å². The summed E-state index contributed by atoms with van der Waals surface area (Å²) < 4.78 is 12.9. The predicted octanol–water partition coefficient (Wildman–Crippen LogP) is 8.71. The van der Waals surface area contributed by atoms with Crippen LogP contribution in [0.4, 0.5) is 0 Å². The molecule has 0 aromatic heterocycles. The van der Waals surface area contributed by atoms with Crippen molar-refractivity contribution in [2.45, 2.75) is 120 Å². The number of esters is 1. The normalized spacial score (nSPS) is 26.1. The Bertz CT molecular complexity index is 1750. The van der Waals surface area contributed by atoms with Gasteiger partial charge < -0.3 is 19.5 Å². The van der Waals surface area contributed by atoms with Gasteiger partial charge >= 0.3 is 5.97 Å². The summed E-state index contributed by atoms with van der Waals surface area (Å²) in [7, 11) is 0. The molecule has 280 valence electrons. The molecule has 1 spiro atoms. The Morgan fingerprint density at radius 2 is 1.74 bits per heavy atom. The van der Waals surface area contributed by atoms with Gasteiger partial charge in [0.05, 0.1) is 6.04 Å². The Balaban J connectivity index is 1.18. The minimum Gasteiger partial charge on any atom is -0.508 e. The second-order valence-corrected chi connectivity index (χ2v) is 16.5. The van der Waals surface area contributed by atoms with Crippen molar-refractivity contribution in [1.29, 1.82) is 0 Å². The maximum atomic E-state index is 14.9. The molecule has 2 saturated carbocycles. The smallest absolute Gasteiger partial charge is 0.308 e. The molecule has 3 fully saturated rings. The van der Waals surface area contributed by atoms with Gasteiger partial charge in [0.2, 0.25) is 5.91 Å². The number of phenols is 1. The summed E-state index contributed by atoms with van der Waals surface area (Å²) in [5, 5.41) is 11.6. The van der Waals surface area contributed by atoms with Gasteiger partial charge in [-0.05, 0) is 61.6 Å². The van der Waals surface area contributed by atoms with Gasteiger partial charge in [0.15, 0.2) is 11.5 Å². The van der Waals surface area contributed by atoms with Gasteiger partial charge in [0, 0.05) is 61.0 Å². The number of carbonyl (C=O) groups is 2. The first-order chi connectivity index (χ1) is 25.9. The summed E-state index contributed by atoms with van der Waals surface area (Å²) in [6, 6.07) is 22.8. The average molecular weight is 717 g/mol. The van der Waals surface area contributed by atoms with Crippen LogP contribution in [0, 0.1) is 11.8 Å². The SMILES string of the molecule is C=CCN1CC[C@]23c4c5c(O)cc(OC(C)=O)c4O[C@H]2[C@H](N(CC(c2ccccc2)c2ccccc2)C(=O)CCCCC2CCCCC2)CC[C@H]3[C@H]1C5. The molecule has 2 aliphatic heterocycles. The molecule has 0 unspecified atom stereocenters. The van der Waals surface area contributed by atoms with Crippen molar-refractivity contribution in [1.82, 2.24) is 9.80 Å². The molecule has 5 aliphatic rings. The van der Waals surface area contributed by atoms with E-state index in [-0.39, 0.29) is 47.4 Å². The molecule has 1 N–H and O–H groups in total. The molecule has 53 heavy (non-hydrogen) atoms. The van der Waals surface area contributed by atoms with Crippen molar-refractivity contribution in [3.8, 4) is 17.2 Å². The Morgan fingerprint density at radius 1 is 1.02 bits per heavy atom. The lowest BCUT2D eigenvalue weighted by Crippen LogP contribution is -2.69. The van der Waals surface area contributed by atoms with Gasteiger partial charge in [-0.15, -0.1) is 6.58 Å². The number of aromatic hydroxyl groups is 1. The third-order valence-electron chi connectivity index (χ3n) is 13.6. The van der Waals surface area contributed by atoms with Crippen LogP contribution in [0.5, 0.6) is 17.2 Å². The van der Waals surface area contributed by atoms with Crippen LogP contribution >= 0.6 is 0 Å². The molecule has 1 amide bonds. The minimum atomic E-state index is -0.447. The van der Waals surface area contributed by atoms with E-state index < -0.39 is 11.4 Å². The molecule has 7 heteroatoms. The number of nitrogens with zero attached hydrogens (tertiary/aromatic N) is 2. The molecule has 2 bridgehead atoms. The monoisotopic (exact) mass is 716 g/mol. The van der Waals surface area contributed by atoms with Crippen molar-refractivity contribution in [2.24, 2.45) is 11.8 Å². The zero-order valence-electron chi connectivity index (χ0n) is 31.4. The largest absolute Gasteiger partial charge is 0.508 e. The second kappa shape index (κ2) is 15.3. The summed E-state index contributed by atoms with van der Waals surface area (Å²) >= 11 is 0. The maximum Gasteiger partial charge on any atom is 0.308 e. The molecule has 3 aromatic rings. The number of rotatable bonds is 13. The number of carbonyl (C=O) groups excluding carboxylic acids is 2. The van der Waals surface area contributed by atoms with Crippen LogP contribution in [0.15, 0.2) is 79.4 Å². The maximum absolute atomic E-state index is 14.9. The molecule has 2 heterocycles. The van der Waals surface area contributed by atoms with E-state index in [9.17, 15) is 14.7 Å². The molecule has 8 rings (SSSR count). The highest BCUT2D eigenvalue weighted by Gasteiger charge is 2.67. The summed E-state index contributed by atoms with van der Waals surface area (Å²) in [6.07, 6.45) is 15.4. The van der Waals surface area contributed by atoms with Gasteiger partial charge in [-0.25, -0.2) is 0 Å². The summed E-state index contributed by atoms with van der Waals surface area (Å²) in [5.74, 6) is 1.87. The van der Waals surface area contributed by atoms with E-state index in [4.69, 9.17) is 9.47 Å². The number of unbranched alkanes of at least 4 members (excludes halogenated alkanes) is 1. The second-order valence-electron chi connectivity index (χ2n) is 16.5. The zero-order chi connectivity index (χ0) is 36.5. The van der Waals surface area contributed by atoms with E-state index in [1.807, 2.05) is 6.08 Å². The van der Waals surface area contributed by atoms with Crippen molar-refractivity contribution >= 4 is 11.9 Å². The first-order valence-corrected chi connectivity index (χ1v) is 20.4. The highest BCUT2D eigenvalue weighted by Crippen LogP contribution is 2.66. The van der Waals surface area contributed by atoms with Crippen LogP contribution in [0.3, 0.4) is 0 Å². The quantitative estimate of drug-likeness (QED) is 0.0826. The fourth-order valence-corrected chi connectivity index (χ4v) is 11.3. The van der Waals surface area contributed by atoms with E-state index in [1.54, 1.807) is 6.07 Å². The van der Waals surface area contributed by atoms with Crippen molar-refractivity contribution < 1.29 is 24.2 Å². The molecule has 3 aliphatic carbocycles. The van der Waals surface area contributed by atoms with Gasteiger partial charge in [-0.1, -0.05) is 112 Å². The lowest BCUT2D eigenvalue weighted by atomic mass is 9.50. The molecule has 0 radical (unpaired) electrons. The van der Waals surface area contributed by atoms with Crippen LogP contribution in [-0.2, 0) is 21.4 Å². The van der Waals surface area contributed by atoms with Gasteiger partial charge in [-0.2, -0.15) is 0 Å². The number of hydrogen-bond acceptors (Lipinski definition) is 6. The summed E-state index contributed by atoms with van der Waals surface area (Å²) in [5.41, 5.74) is 3.90. The van der Waals surface area contributed by atoms with E-state index in [0.717, 1.165) is 62.2 Å². The van der Waals surface area contributed by atoms with E-state index in [0.29, 0.717) is 25.1 Å². The van der Waals surface area contributed by atoms with Crippen molar-refractivity contribution in [3.63, 3.8) is 0 Å². The van der Waals surface area contributed by atoms with Crippen molar-refractivity contribution in [3.05, 3.63) is 102 Å². The third-order valence-corrected chi connectivity index (χ3v) is 13.6. The van der Waals surface area contributed by atoms with E-state index in [2.05, 4.69) is 77.0 Å². The number of amides is 1. The molecule has 1 saturated heterocycles. The third kappa shape index (κ3) is 6.68. The lowest BCUT2D eigenvalue weighted by molar-refractivity contribution is -0.143. The first kappa shape index (κ1) is 35.9. The van der Waals surface area contributed by atoms with Gasteiger partial charge in [0.1, 0.15) is 11.9 Å². The molecular weight excluding hydrogens is 661 g/mol. The number of phenolic OH excluding ortho intramolecular Hbond substituents is 1. The van der Waals surface area contributed by atoms with Crippen LogP contribution in [0.25, 0.3) is 0 Å². The Kier molecular flexibility index (Phi) is 10.4. The Morgan fingerprint density at radius 3 is 2.42 bits per heavy atom. The lowest BCUT2D eigenvalue weighted by Gasteiger charge is -2.60. The minimum absolute atomic E-state index is 0.00709. The molecular formula is C46H56N2O5. The Hall–Kier alpha value is -4.10. The average Bonchev–Trinajstić information content (AvgIpc) is 3.52. The fraction of sp³-hybridized carbons (Fsp3) is 0.522. The number of hydrogen-bond donors (Lipinski definition) is 1.